The van der Waals surface area contributed by atoms with Gasteiger partial charge in [0.05, 0.1) is 17.4 Å². The highest BCUT2D eigenvalue weighted by Gasteiger charge is 2.30. The Morgan fingerprint density at radius 2 is 1.81 bits per heavy atom. The molecule has 0 atom stereocenters. The molecule has 0 aliphatic heterocycles. The van der Waals surface area contributed by atoms with Gasteiger partial charge in [0.25, 0.3) is 0 Å². The second kappa shape index (κ2) is 7.93. The molecule has 21 heavy (non-hydrogen) atoms. The van der Waals surface area contributed by atoms with Crippen molar-refractivity contribution in [1.82, 2.24) is 9.78 Å². The van der Waals surface area contributed by atoms with Crippen molar-refractivity contribution in [3.05, 3.63) is 42.2 Å². The number of hydrogen-bond donors (Lipinski definition) is 0. The Balaban J connectivity index is 0.00000106. The van der Waals surface area contributed by atoms with Gasteiger partial charge in [0.2, 0.25) is 0 Å². The van der Waals surface area contributed by atoms with Crippen LogP contribution in [0.15, 0.2) is 36.7 Å². The Hall–Kier alpha value is -1.69. The Labute approximate surface area is 134 Å². The highest BCUT2D eigenvalue weighted by molar-refractivity contribution is 14.1. The van der Waals surface area contributed by atoms with Gasteiger partial charge in [-0.3, -0.25) is 0 Å². The van der Waals surface area contributed by atoms with E-state index in [1.54, 1.807) is 12.4 Å². The molecule has 2 aromatic rings. The van der Waals surface area contributed by atoms with Gasteiger partial charge in [0.15, 0.2) is 0 Å². The maximum Gasteiger partial charge on any atom is 0.573 e. The molecule has 112 valence electrons. The average molecular weight is 408 g/mol. The predicted molar refractivity (Wildman–Crippen MR) is 82.5 cm³/mol. The highest BCUT2D eigenvalue weighted by atomic mass is 127. The maximum atomic E-state index is 12.0. The summed E-state index contributed by atoms with van der Waals surface area (Å²) < 4.78 is 44.0. The molecule has 0 aliphatic carbocycles. The Bertz CT molecular complexity index is 624. The number of ether oxygens (including phenoxy) is 1. The van der Waals surface area contributed by atoms with E-state index in [4.69, 9.17) is 0 Å². The van der Waals surface area contributed by atoms with Crippen LogP contribution in [0.25, 0.3) is 5.69 Å². The summed E-state index contributed by atoms with van der Waals surface area (Å²) in [6.07, 6.45) is -1.42. The third-order valence-corrected chi connectivity index (χ3v) is 2.38. The molecule has 1 aromatic carbocycles. The van der Waals surface area contributed by atoms with Gasteiger partial charge in [-0.05, 0) is 28.2 Å². The van der Waals surface area contributed by atoms with Crippen LogP contribution in [0, 0.1) is 9.85 Å². The van der Waals surface area contributed by atoms with E-state index in [0.717, 1.165) is 5.56 Å². The van der Waals surface area contributed by atoms with Crippen LogP contribution >= 0.6 is 22.6 Å². The van der Waals surface area contributed by atoms with Gasteiger partial charge in [0.1, 0.15) is 5.75 Å². The molecule has 7 heteroatoms. The molecule has 1 heterocycles. The summed E-state index contributed by atoms with van der Waals surface area (Å²) in [5, 5.41) is 4.06. The van der Waals surface area contributed by atoms with Crippen LogP contribution in [0.5, 0.6) is 5.75 Å². The van der Waals surface area contributed by atoms with Gasteiger partial charge in [-0.15, -0.1) is 13.2 Å². The average Bonchev–Trinajstić information content (AvgIpc) is 2.89. The van der Waals surface area contributed by atoms with Crippen LogP contribution in [0.4, 0.5) is 13.2 Å². The van der Waals surface area contributed by atoms with Crippen molar-refractivity contribution in [1.29, 1.82) is 0 Å². The topological polar surface area (TPSA) is 27.1 Å². The van der Waals surface area contributed by atoms with Gasteiger partial charge in [-0.2, -0.15) is 5.10 Å². The molecule has 0 saturated heterocycles. The minimum absolute atomic E-state index is 0.268. The number of rotatable bonds is 2. The van der Waals surface area contributed by atoms with E-state index >= 15 is 0 Å². The summed E-state index contributed by atoms with van der Waals surface area (Å²) in [7, 11) is 0. The molecule has 1 aromatic heterocycles. The minimum atomic E-state index is -4.68. The highest BCUT2D eigenvalue weighted by Crippen LogP contribution is 2.23. The lowest BCUT2D eigenvalue weighted by atomic mass is 10.3. The fourth-order valence-electron chi connectivity index (χ4n) is 1.38. The molecule has 0 fully saturated rings. The number of nitrogens with zero attached hydrogens (tertiary/aromatic N) is 2. The van der Waals surface area contributed by atoms with Gasteiger partial charge in [-0.1, -0.05) is 19.8 Å². The standard InChI is InChI=1S/C12H6F3IN2O.C2H6/c13-12(14,15)19-11-3-1-10(2-4-11)18-8-9(5-6-16)7-17-18;1-2/h1-4,7-8H;1-2H3. The smallest absolute Gasteiger partial charge is 0.406 e. The fraction of sp³-hybridized carbons (Fsp3) is 0.214. The molecule has 0 unspecified atom stereocenters. The molecule has 0 radical (unpaired) electrons. The largest absolute Gasteiger partial charge is 0.573 e. The van der Waals surface area contributed by atoms with Crippen molar-refractivity contribution in [3.8, 4) is 21.3 Å². The normalized spacial score (nSPS) is 10.0. The van der Waals surface area contributed by atoms with Gasteiger partial charge < -0.3 is 4.74 Å². The molecule has 0 N–H and O–H groups in total. The second-order valence-electron chi connectivity index (χ2n) is 3.43. The van der Waals surface area contributed by atoms with Crippen LogP contribution in [0.1, 0.15) is 19.4 Å². The summed E-state index contributed by atoms with van der Waals surface area (Å²) in [5.74, 6) is 2.55. The molecular formula is C14H12F3IN2O. The first kappa shape index (κ1) is 17.4. The third kappa shape index (κ3) is 5.67. The summed E-state index contributed by atoms with van der Waals surface area (Å²) in [5.41, 5.74) is 1.35. The number of alkyl halides is 3. The number of halogens is 4. The van der Waals surface area contributed by atoms with Crippen LogP contribution in [-0.2, 0) is 0 Å². The van der Waals surface area contributed by atoms with E-state index in [2.05, 4.69) is 19.7 Å². The fourth-order valence-corrected chi connectivity index (χ4v) is 1.70. The van der Waals surface area contributed by atoms with Gasteiger partial charge in [0, 0.05) is 28.8 Å². The first-order valence-electron chi connectivity index (χ1n) is 6.00. The van der Waals surface area contributed by atoms with Crippen LogP contribution in [-0.4, -0.2) is 16.1 Å². The van der Waals surface area contributed by atoms with Crippen molar-refractivity contribution in [2.24, 2.45) is 0 Å². The second-order valence-corrected chi connectivity index (χ2v) is 3.97. The Morgan fingerprint density at radius 3 is 2.33 bits per heavy atom. The van der Waals surface area contributed by atoms with Crippen molar-refractivity contribution < 1.29 is 17.9 Å². The monoisotopic (exact) mass is 408 g/mol. The number of benzene rings is 1. The van der Waals surface area contributed by atoms with E-state index in [0.29, 0.717) is 5.69 Å². The van der Waals surface area contributed by atoms with Crippen molar-refractivity contribution in [3.63, 3.8) is 0 Å². The van der Waals surface area contributed by atoms with E-state index in [-0.39, 0.29) is 5.75 Å². The zero-order chi connectivity index (χ0) is 15.9. The third-order valence-electron chi connectivity index (χ3n) is 2.11. The minimum Gasteiger partial charge on any atom is -0.406 e. The van der Waals surface area contributed by atoms with E-state index in [1.165, 1.54) is 28.9 Å². The lowest BCUT2D eigenvalue weighted by molar-refractivity contribution is -0.274. The van der Waals surface area contributed by atoms with Crippen molar-refractivity contribution in [2.45, 2.75) is 20.2 Å². The zero-order valence-corrected chi connectivity index (χ0v) is 13.4. The van der Waals surface area contributed by atoms with Crippen LogP contribution < -0.4 is 4.74 Å². The lowest BCUT2D eigenvalue weighted by Crippen LogP contribution is -2.17. The summed E-state index contributed by atoms with van der Waals surface area (Å²) >= 11 is 1.91. The molecule has 0 saturated carbocycles. The maximum absolute atomic E-state index is 12.0. The van der Waals surface area contributed by atoms with Crippen LogP contribution in [0.3, 0.4) is 0 Å². The van der Waals surface area contributed by atoms with Gasteiger partial charge >= 0.3 is 6.36 Å². The quantitative estimate of drug-likeness (QED) is 0.539. The van der Waals surface area contributed by atoms with Crippen molar-refractivity contribution in [2.75, 3.05) is 0 Å². The molecule has 2 rings (SSSR count). The molecule has 0 aliphatic rings. The SMILES string of the molecule is CC.FC(F)(F)Oc1ccc(-n2cc(C#CI)cn2)cc1. The molecule has 3 nitrogen and oxygen atoms in total. The number of aromatic nitrogens is 2. The van der Waals surface area contributed by atoms with Crippen LogP contribution in [0.2, 0.25) is 0 Å². The lowest BCUT2D eigenvalue weighted by Gasteiger charge is -2.09. The van der Waals surface area contributed by atoms with E-state index in [1.807, 2.05) is 36.4 Å². The van der Waals surface area contributed by atoms with E-state index < -0.39 is 6.36 Å². The van der Waals surface area contributed by atoms with Gasteiger partial charge in [-0.25, -0.2) is 4.68 Å². The number of hydrogen-bond acceptors (Lipinski definition) is 2. The van der Waals surface area contributed by atoms with E-state index in [9.17, 15) is 13.2 Å². The summed E-state index contributed by atoms with van der Waals surface area (Å²) in [4.78, 5) is 0. The zero-order valence-electron chi connectivity index (χ0n) is 11.3. The first-order valence-corrected chi connectivity index (χ1v) is 7.08. The molecule has 0 amide bonds. The Morgan fingerprint density at radius 1 is 1.19 bits per heavy atom. The molecular weight excluding hydrogens is 396 g/mol. The Kier molecular flexibility index (Phi) is 6.55. The van der Waals surface area contributed by atoms with Crippen molar-refractivity contribution >= 4 is 22.6 Å². The molecule has 0 bridgehead atoms. The summed E-state index contributed by atoms with van der Waals surface area (Å²) in [6.45, 7) is 4.00. The summed E-state index contributed by atoms with van der Waals surface area (Å²) in [6, 6.07) is 5.42. The predicted octanol–water partition coefficient (Wildman–Crippen LogP) is 4.54. The molecule has 0 spiro atoms. The first-order chi connectivity index (χ1) is 9.98.